The minimum Gasteiger partial charge on any atom is -0.281 e. The first-order chi connectivity index (χ1) is 14.2. The van der Waals surface area contributed by atoms with Gasteiger partial charge in [-0.2, -0.15) is 69.5 Å². The molecular formula is C12H5F12NO6S2. The molecule has 1 aromatic carbocycles. The van der Waals surface area contributed by atoms with E-state index in [1.807, 2.05) is 0 Å². The molecule has 190 valence electrons. The Bertz CT molecular complexity index is 1120. The molecule has 1 aromatic rings. The average Bonchev–Trinajstić information content (AvgIpc) is 2.57. The number of hydrogen-bond acceptors (Lipinski definition) is 5. The number of carbonyl (C=O) groups is 1. The molecule has 0 aromatic heterocycles. The Morgan fingerprint density at radius 3 is 1.36 bits per heavy atom. The summed E-state index contributed by atoms with van der Waals surface area (Å²) in [7, 11) is -14.9. The third kappa shape index (κ3) is 5.13. The number of halogens is 12. The predicted molar refractivity (Wildman–Crippen MR) is 79.2 cm³/mol. The van der Waals surface area contributed by atoms with Gasteiger partial charge in [-0.3, -0.25) is 9.35 Å². The van der Waals surface area contributed by atoms with E-state index in [2.05, 4.69) is 0 Å². The van der Waals surface area contributed by atoms with Crippen LogP contribution in [0.2, 0.25) is 0 Å². The number of nitrogens with one attached hydrogen (secondary N) is 1. The standard InChI is InChI=1S/C12H5F12NO6S2/c13-8(14,15)5-1-4(2-6(3-5)9(16,17)18)7(26)25-32(27,28)11(21,22)10(19,20)12(23,24)33(29,30)31/h1-3H,(H,25,26)(H,29,30,31). The monoisotopic (exact) mass is 551 g/mol. The first-order valence-corrected chi connectivity index (χ1v) is 10.1. The van der Waals surface area contributed by atoms with Crippen LogP contribution in [0.4, 0.5) is 52.7 Å². The second-order valence-electron chi connectivity index (χ2n) is 5.81. The van der Waals surface area contributed by atoms with E-state index in [1.165, 1.54) is 0 Å². The molecule has 0 saturated carbocycles. The first kappa shape index (κ1) is 28.7. The molecule has 0 unspecified atom stereocenters. The van der Waals surface area contributed by atoms with Crippen molar-refractivity contribution in [3.8, 4) is 0 Å². The Morgan fingerprint density at radius 1 is 0.697 bits per heavy atom. The van der Waals surface area contributed by atoms with Crippen molar-refractivity contribution < 1.29 is 78.9 Å². The summed E-state index contributed by atoms with van der Waals surface area (Å²) in [5, 5.41) is -14.5. The van der Waals surface area contributed by atoms with E-state index in [0.29, 0.717) is 0 Å². The van der Waals surface area contributed by atoms with Crippen LogP contribution in [0.3, 0.4) is 0 Å². The molecule has 2 N–H and O–H groups in total. The summed E-state index contributed by atoms with van der Waals surface area (Å²) in [5.74, 6) is -10.4. The van der Waals surface area contributed by atoms with Gasteiger partial charge < -0.3 is 0 Å². The first-order valence-electron chi connectivity index (χ1n) is 7.17. The van der Waals surface area contributed by atoms with Crippen molar-refractivity contribution in [2.45, 2.75) is 28.8 Å². The fourth-order valence-electron chi connectivity index (χ4n) is 1.83. The highest BCUT2D eigenvalue weighted by atomic mass is 32.2. The van der Waals surface area contributed by atoms with Crippen LogP contribution in [0, 0.1) is 0 Å². The van der Waals surface area contributed by atoms with Gasteiger partial charge in [-0.05, 0) is 18.2 Å². The summed E-state index contributed by atoms with van der Waals surface area (Å²) in [5.41, 5.74) is -6.56. The lowest BCUT2D eigenvalue weighted by Gasteiger charge is -2.30. The van der Waals surface area contributed by atoms with Gasteiger partial charge in [0.15, 0.2) is 0 Å². The van der Waals surface area contributed by atoms with Crippen molar-refractivity contribution in [3.05, 3.63) is 34.9 Å². The maximum absolute atomic E-state index is 13.7. The lowest BCUT2D eigenvalue weighted by atomic mass is 10.0. The number of rotatable bonds is 6. The molecule has 0 atom stereocenters. The molecule has 0 bridgehead atoms. The van der Waals surface area contributed by atoms with E-state index in [4.69, 9.17) is 4.55 Å². The largest absolute Gasteiger partial charge is 0.439 e. The zero-order chi connectivity index (χ0) is 26.6. The fraction of sp³-hybridized carbons (Fsp3) is 0.417. The van der Waals surface area contributed by atoms with Crippen molar-refractivity contribution in [2.75, 3.05) is 0 Å². The summed E-state index contributed by atoms with van der Waals surface area (Å²) in [4.78, 5) is 11.7. The maximum Gasteiger partial charge on any atom is 0.439 e. The smallest absolute Gasteiger partial charge is 0.281 e. The van der Waals surface area contributed by atoms with Crippen molar-refractivity contribution in [3.63, 3.8) is 0 Å². The number of alkyl halides is 12. The molecule has 0 fully saturated rings. The van der Waals surface area contributed by atoms with E-state index in [1.54, 1.807) is 0 Å². The highest BCUT2D eigenvalue weighted by molar-refractivity contribution is 7.91. The van der Waals surface area contributed by atoms with Gasteiger partial charge in [0.25, 0.3) is 5.91 Å². The van der Waals surface area contributed by atoms with Crippen LogP contribution in [-0.4, -0.2) is 43.7 Å². The lowest BCUT2D eigenvalue weighted by molar-refractivity contribution is -0.245. The van der Waals surface area contributed by atoms with E-state index in [-0.39, 0.29) is 4.72 Å². The third-order valence-corrected chi connectivity index (χ3v) is 5.76. The third-order valence-electron chi connectivity index (χ3n) is 3.47. The van der Waals surface area contributed by atoms with Crippen LogP contribution in [0.15, 0.2) is 18.2 Å². The van der Waals surface area contributed by atoms with Crippen LogP contribution in [0.1, 0.15) is 21.5 Å². The molecule has 0 radical (unpaired) electrons. The molecule has 0 aliphatic rings. The van der Waals surface area contributed by atoms with Gasteiger partial charge in [-0.15, -0.1) is 0 Å². The summed E-state index contributed by atoms with van der Waals surface area (Å²) >= 11 is 0. The molecule has 0 aliphatic heterocycles. The fourth-order valence-corrected chi connectivity index (χ4v) is 3.30. The van der Waals surface area contributed by atoms with Crippen LogP contribution in [0.5, 0.6) is 0 Å². The van der Waals surface area contributed by atoms with Gasteiger partial charge in [0.05, 0.1) is 11.1 Å². The average molecular weight is 551 g/mol. The molecule has 21 heteroatoms. The highest BCUT2D eigenvalue weighted by Crippen LogP contribution is 2.50. The van der Waals surface area contributed by atoms with Gasteiger partial charge in [0.2, 0.25) is 0 Å². The zero-order valence-electron chi connectivity index (χ0n) is 14.6. The summed E-state index contributed by atoms with van der Waals surface area (Å²) in [6, 6.07) is -1.65. The van der Waals surface area contributed by atoms with Crippen molar-refractivity contribution >= 4 is 26.0 Å². The second-order valence-corrected chi connectivity index (χ2v) is 9.00. The van der Waals surface area contributed by atoms with Gasteiger partial charge in [0, 0.05) is 5.56 Å². The predicted octanol–water partition coefficient (Wildman–Crippen LogP) is 3.49. The lowest BCUT2D eigenvalue weighted by Crippen LogP contribution is -2.63. The molecule has 0 aliphatic carbocycles. The Kier molecular flexibility index (Phi) is 6.87. The maximum atomic E-state index is 13.7. The van der Waals surface area contributed by atoms with Crippen LogP contribution < -0.4 is 4.72 Å². The zero-order valence-corrected chi connectivity index (χ0v) is 16.2. The van der Waals surface area contributed by atoms with Gasteiger partial charge in [0.1, 0.15) is 0 Å². The molecule has 7 nitrogen and oxygen atoms in total. The van der Waals surface area contributed by atoms with Gasteiger partial charge in [-0.1, -0.05) is 0 Å². The Hall–Kier alpha value is -2.29. The topological polar surface area (TPSA) is 118 Å². The molecule has 33 heavy (non-hydrogen) atoms. The SMILES string of the molecule is O=C(NS(=O)(=O)C(F)(F)C(F)(F)C(F)(F)S(=O)(=O)O)c1cc(C(F)(F)F)cc(C(F)(F)F)c1. The van der Waals surface area contributed by atoms with Crippen molar-refractivity contribution in [1.29, 1.82) is 0 Å². The molecule has 0 saturated heterocycles. The number of carbonyl (C=O) groups excluding carboxylic acids is 1. The van der Waals surface area contributed by atoms with Crippen LogP contribution in [0.25, 0.3) is 0 Å². The Morgan fingerprint density at radius 2 is 1.06 bits per heavy atom. The number of sulfonamides is 1. The summed E-state index contributed by atoms with van der Waals surface area (Å²) in [6.45, 7) is 0. The summed E-state index contributed by atoms with van der Waals surface area (Å²) < 4.78 is 208. The van der Waals surface area contributed by atoms with Crippen molar-refractivity contribution in [1.82, 2.24) is 4.72 Å². The summed E-state index contributed by atoms with van der Waals surface area (Å²) in [6.07, 6.45) is -11.3. The number of benzene rings is 1. The van der Waals surface area contributed by atoms with Crippen LogP contribution in [-0.2, 0) is 32.5 Å². The van der Waals surface area contributed by atoms with E-state index in [9.17, 15) is 74.3 Å². The highest BCUT2D eigenvalue weighted by Gasteiger charge is 2.82. The van der Waals surface area contributed by atoms with Gasteiger partial charge in [-0.25, -0.2) is 4.72 Å². The Labute approximate surface area is 174 Å². The number of amides is 1. The van der Waals surface area contributed by atoms with E-state index < -0.39 is 89.7 Å². The normalized spacial score (nSPS) is 14.8. The molecule has 0 spiro atoms. The molecule has 1 rings (SSSR count). The molecule has 1 amide bonds. The van der Waals surface area contributed by atoms with E-state index >= 15 is 0 Å². The van der Waals surface area contributed by atoms with Crippen LogP contribution >= 0.6 is 0 Å². The minimum atomic E-state index is -7.51. The van der Waals surface area contributed by atoms with Gasteiger partial charge >= 0.3 is 48.9 Å². The molecule has 0 heterocycles. The van der Waals surface area contributed by atoms with Crippen molar-refractivity contribution in [2.24, 2.45) is 0 Å². The minimum absolute atomic E-state index is 0.141. The quantitative estimate of drug-likeness (QED) is 0.413. The number of hydrogen-bond donors (Lipinski definition) is 2. The van der Waals surface area contributed by atoms with E-state index in [0.717, 1.165) is 0 Å². The Balaban J connectivity index is 3.58. The molecular weight excluding hydrogens is 546 g/mol. The second kappa shape index (κ2) is 7.89.